The van der Waals surface area contributed by atoms with Crippen molar-refractivity contribution in [3.05, 3.63) is 41.5 Å². The molecule has 0 saturated carbocycles. The van der Waals surface area contributed by atoms with Crippen molar-refractivity contribution in [3.63, 3.8) is 0 Å². The van der Waals surface area contributed by atoms with E-state index in [-0.39, 0.29) is 0 Å². The number of allylic oxidation sites excluding steroid dienone is 1. The lowest BCUT2D eigenvalue weighted by Gasteiger charge is -2.13. The molecule has 1 N–H and O–H groups in total. The quantitative estimate of drug-likeness (QED) is 0.829. The third-order valence-electron chi connectivity index (χ3n) is 2.13. The van der Waals surface area contributed by atoms with Crippen molar-refractivity contribution in [1.82, 2.24) is 0 Å². The van der Waals surface area contributed by atoms with Crippen LogP contribution in [0.3, 0.4) is 0 Å². The van der Waals surface area contributed by atoms with E-state index in [2.05, 4.69) is 0 Å². The molecular weight excluding hydrogens is 204 g/mol. The molecule has 0 aliphatic rings. The highest BCUT2D eigenvalue weighted by Crippen LogP contribution is 2.19. The lowest BCUT2D eigenvalue weighted by atomic mass is 10.1. The summed E-state index contributed by atoms with van der Waals surface area (Å²) in [6, 6.07) is 7.35. The van der Waals surface area contributed by atoms with Crippen LogP contribution in [0.1, 0.15) is 31.1 Å². The zero-order valence-corrected chi connectivity index (χ0v) is 9.51. The van der Waals surface area contributed by atoms with Gasteiger partial charge in [0.05, 0.1) is 0 Å². The first-order valence-corrected chi connectivity index (χ1v) is 5.26. The Morgan fingerprint density at radius 2 is 2.31 bits per heavy atom. The van der Waals surface area contributed by atoms with E-state index in [1.54, 1.807) is 13.0 Å². The van der Waals surface area contributed by atoms with Gasteiger partial charge in [-0.05, 0) is 31.0 Å². The molecule has 86 valence electrons. The van der Waals surface area contributed by atoms with Gasteiger partial charge < -0.3 is 9.84 Å². The maximum Gasteiger partial charge on any atom is 0.337 e. The molecule has 0 radical (unpaired) electrons. The van der Waals surface area contributed by atoms with Crippen LogP contribution in [0.25, 0.3) is 6.08 Å². The number of aliphatic carboxylic acids is 1. The summed E-state index contributed by atoms with van der Waals surface area (Å²) in [6.07, 6.45) is 2.96. The topological polar surface area (TPSA) is 46.5 Å². The first-order chi connectivity index (χ1) is 7.69. The normalized spacial score (nSPS) is 12.9. The van der Waals surface area contributed by atoms with E-state index in [0.717, 1.165) is 5.56 Å². The molecule has 1 aromatic rings. The summed E-state index contributed by atoms with van der Waals surface area (Å²) >= 11 is 0. The molecule has 1 unspecified atom stereocenters. The van der Waals surface area contributed by atoms with Crippen molar-refractivity contribution in [2.45, 2.75) is 20.0 Å². The van der Waals surface area contributed by atoms with Gasteiger partial charge in [-0.3, -0.25) is 0 Å². The molecule has 1 aromatic carbocycles. The Morgan fingerprint density at radius 3 is 2.88 bits per heavy atom. The van der Waals surface area contributed by atoms with E-state index >= 15 is 0 Å². The van der Waals surface area contributed by atoms with Gasteiger partial charge in [0.1, 0.15) is 0 Å². The third-order valence-corrected chi connectivity index (χ3v) is 2.13. The maximum absolute atomic E-state index is 11.0. The summed E-state index contributed by atoms with van der Waals surface area (Å²) < 4.78 is 5.20. The molecule has 16 heavy (non-hydrogen) atoms. The number of carboxylic acid groups (broad SMARTS) is 1. The Hall–Kier alpha value is -1.61. The molecule has 0 heterocycles. The van der Waals surface area contributed by atoms with E-state index in [0.29, 0.717) is 12.2 Å². The molecule has 3 heteroatoms. The molecule has 0 saturated heterocycles. The second kappa shape index (κ2) is 6.08. The lowest BCUT2D eigenvalue weighted by Crippen LogP contribution is -2.15. The Kier molecular flexibility index (Phi) is 4.73. The van der Waals surface area contributed by atoms with Gasteiger partial charge in [0, 0.05) is 6.61 Å². The SMILES string of the molecule is C/C=C/c1cccc(C(OCC)C(=O)O)c1. The Labute approximate surface area is 95.4 Å². The summed E-state index contributed by atoms with van der Waals surface area (Å²) in [5, 5.41) is 9.04. The first-order valence-electron chi connectivity index (χ1n) is 5.26. The van der Waals surface area contributed by atoms with Crippen molar-refractivity contribution in [2.24, 2.45) is 0 Å². The van der Waals surface area contributed by atoms with Gasteiger partial charge in [-0.15, -0.1) is 0 Å². The fourth-order valence-corrected chi connectivity index (χ4v) is 1.49. The van der Waals surface area contributed by atoms with Crippen LogP contribution in [0.2, 0.25) is 0 Å². The van der Waals surface area contributed by atoms with Crippen LogP contribution in [0, 0.1) is 0 Å². The van der Waals surface area contributed by atoms with Crippen LogP contribution in [-0.4, -0.2) is 17.7 Å². The molecule has 0 amide bonds. The highest BCUT2D eigenvalue weighted by atomic mass is 16.5. The summed E-state index contributed by atoms with van der Waals surface area (Å²) in [6.45, 7) is 4.08. The number of hydrogen-bond donors (Lipinski definition) is 1. The molecule has 0 spiro atoms. The van der Waals surface area contributed by atoms with Gasteiger partial charge in [-0.2, -0.15) is 0 Å². The van der Waals surface area contributed by atoms with Crippen molar-refractivity contribution < 1.29 is 14.6 Å². The Morgan fingerprint density at radius 1 is 1.56 bits per heavy atom. The summed E-state index contributed by atoms with van der Waals surface area (Å²) in [5.74, 6) is -0.959. The zero-order valence-electron chi connectivity index (χ0n) is 9.51. The minimum atomic E-state index is -0.959. The highest BCUT2D eigenvalue weighted by Gasteiger charge is 2.19. The van der Waals surface area contributed by atoms with Crippen LogP contribution in [0.5, 0.6) is 0 Å². The Bertz CT molecular complexity index is 383. The number of ether oxygens (including phenoxy) is 1. The van der Waals surface area contributed by atoms with Crippen LogP contribution < -0.4 is 0 Å². The molecule has 0 aliphatic heterocycles. The summed E-state index contributed by atoms with van der Waals surface area (Å²) in [5.41, 5.74) is 1.65. The monoisotopic (exact) mass is 220 g/mol. The standard InChI is InChI=1S/C13H16O3/c1-3-6-10-7-5-8-11(9-10)12(13(14)15)16-4-2/h3,5-9,12H,4H2,1-2H3,(H,14,15)/b6-3+. The number of carbonyl (C=O) groups is 1. The van der Waals surface area contributed by atoms with Crippen molar-refractivity contribution in [1.29, 1.82) is 0 Å². The summed E-state index contributed by atoms with van der Waals surface area (Å²) in [4.78, 5) is 11.0. The fourth-order valence-electron chi connectivity index (χ4n) is 1.49. The van der Waals surface area contributed by atoms with Gasteiger partial charge in [0.2, 0.25) is 0 Å². The van der Waals surface area contributed by atoms with E-state index in [4.69, 9.17) is 9.84 Å². The number of hydrogen-bond acceptors (Lipinski definition) is 2. The van der Waals surface area contributed by atoms with Gasteiger partial charge in [-0.1, -0.05) is 30.4 Å². The molecule has 0 fully saturated rings. The van der Waals surface area contributed by atoms with Crippen molar-refractivity contribution in [2.75, 3.05) is 6.61 Å². The van der Waals surface area contributed by atoms with E-state index in [1.165, 1.54) is 0 Å². The Balaban J connectivity index is 2.99. The van der Waals surface area contributed by atoms with Crippen LogP contribution in [0.15, 0.2) is 30.3 Å². The molecule has 0 aliphatic carbocycles. The third kappa shape index (κ3) is 3.21. The predicted octanol–water partition coefficient (Wildman–Crippen LogP) is 2.88. The van der Waals surface area contributed by atoms with Crippen molar-refractivity contribution >= 4 is 12.0 Å². The zero-order chi connectivity index (χ0) is 12.0. The minimum Gasteiger partial charge on any atom is -0.479 e. The van der Waals surface area contributed by atoms with Crippen molar-refractivity contribution in [3.8, 4) is 0 Å². The fraction of sp³-hybridized carbons (Fsp3) is 0.308. The van der Waals surface area contributed by atoms with Gasteiger partial charge in [0.15, 0.2) is 6.10 Å². The van der Waals surface area contributed by atoms with E-state index in [1.807, 2.05) is 37.3 Å². The van der Waals surface area contributed by atoms with Crippen LogP contribution in [0.4, 0.5) is 0 Å². The second-order valence-corrected chi connectivity index (χ2v) is 3.34. The molecular formula is C13H16O3. The number of rotatable bonds is 5. The highest BCUT2D eigenvalue weighted by molar-refractivity contribution is 5.74. The number of carboxylic acids is 1. The number of benzene rings is 1. The van der Waals surface area contributed by atoms with Crippen LogP contribution >= 0.6 is 0 Å². The molecule has 1 atom stereocenters. The second-order valence-electron chi connectivity index (χ2n) is 3.34. The molecule has 0 bridgehead atoms. The minimum absolute atomic E-state index is 0.380. The lowest BCUT2D eigenvalue weighted by molar-refractivity contribution is -0.150. The average Bonchev–Trinajstić information content (AvgIpc) is 2.26. The molecule has 1 rings (SSSR count). The van der Waals surface area contributed by atoms with Crippen LogP contribution in [-0.2, 0) is 9.53 Å². The summed E-state index contributed by atoms with van der Waals surface area (Å²) in [7, 11) is 0. The average molecular weight is 220 g/mol. The van der Waals surface area contributed by atoms with E-state index in [9.17, 15) is 4.79 Å². The molecule has 0 aromatic heterocycles. The van der Waals surface area contributed by atoms with E-state index < -0.39 is 12.1 Å². The smallest absolute Gasteiger partial charge is 0.337 e. The predicted molar refractivity (Wildman–Crippen MR) is 63.2 cm³/mol. The van der Waals surface area contributed by atoms with Gasteiger partial charge in [0.25, 0.3) is 0 Å². The maximum atomic E-state index is 11.0. The largest absolute Gasteiger partial charge is 0.479 e. The van der Waals surface area contributed by atoms with Gasteiger partial charge in [-0.25, -0.2) is 4.79 Å². The van der Waals surface area contributed by atoms with Gasteiger partial charge >= 0.3 is 5.97 Å². The molecule has 3 nitrogen and oxygen atoms in total. The first kappa shape index (κ1) is 12.5.